The smallest absolute Gasteiger partial charge is 0.243 e. The van der Waals surface area contributed by atoms with Crippen LogP contribution in [0.25, 0.3) is 0 Å². The summed E-state index contributed by atoms with van der Waals surface area (Å²) in [6, 6.07) is 15.7. The SMILES string of the molecule is Cc1ccc(S(=O)(=O)N2CCO[C@]3(CCO[C@H](c4ccc(C(C)(C)C)cc4)C3)C2)cc1. The number of benzene rings is 2. The average molecular weight is 444 g/mol. The highest BCUT2D eigenvalue weighted by Gasteiger charge is 2.45. The van der Waals surface area contributed by atoms with Crippen molar-refractivity contribution < 1.29 is 17.9 Å². The Morgan fingerprint density at radius 1 is 1.00 bits per heavy atom. The minimum Gasteiger partial charge on any atom is -0.373 e. The zero-order valence-corrected chi connectivity index (χ0v) is 19.7. The number of rotatable bonds is 3. The molecular formula is C25H33NO4S. The summed E-state index contributed by atoms with van der Waals surface area (Å²) in [5, 5.41) is 0. The molecule has 2 heterocycles. The van der Waals surface area contributed by atoms with Gasteiger partial charge in [-0.15, -0.1) is 0 Å². The third-order valence-electron chi connectivity index (χ3n) is 6.45. The van der Waals surface area contributed by atoms with E-state index in [1.807, 2.05) is 19.1 Å². The monoisotopic (exact) mass is 443 g/mol. The average Bonchev–Trinajstić information content (AvgIpc) is 2.74. The molecule has 0 bridgehead atoms. The standard InChI is InChI=1S/C25H33NO4S/c1-19-5-11-22(12-6-19)31(27,28)26-14-16-30-25(18-26)13-15-29-23(17-25)20-7-9-21(10-8-20)24(2,3)4/h5-12,23H,13-18H2,1-4H3/t23-,25-/m0/s1. The van der Waals surface area contributed by atoms with Gasteiger partial charge < -0.3 is 9.47 Å². The Morgan fingerprint density at radius 3 is 2.32 bits per heavy atom. The van der Waals surface area contributed by atoms with Crippen LogP contribution in [0.15, 0.2) is 53.4 Å². The maximum Gasteiger partial charge on any atom is 0.243 e. The van der Waals surface area contributed by atoms with Crippen LogP contribution in [0.2, 0.25) is 0 Å². The van der Waals surface area contributed by atoms with Crippen molar-refractivity contribution in [3.05, 3.63) is 65.2 Å². The molecule has 168 valence electrons. The molecule has 0 aliphatic carbocycles. The topological polar surface area (TPSA) is 55.8 Å². The Balaban J connectivity index is 1.53. The molecule has 31 heavy (non-hydrogen) atoms. The van der Waals surface area contributed by atoms with E-state index in [1.165, 1.54) is 5.56 Å². The van der Waals surface area contributed by atoms with Crippen molar-refractivity contribution in [2.24, 2.45) is 0 Å². The van der Waals surface area contributed by atoms with Crippen molar-refractivity contribution >= 4 is 10.0 Å². The molecule has 2 saturated heterocycles. The van der Waals surface area contributed by atoms with Gasteiger partial charge in [-0.25, -0.2) is 8.42 Å². The highest BCUT2D eigenvalue weighted by atomic mass is 32.2. The van der Waals surface area contributed by atoms with E-state index >= 15 is 0 Å². The van der Waals surface area contributed by atoms with E-state index in [9.17, 15) is 8.42 Å². The van der Waals surface area contributed by atoms with E-state index < -0.39 is 15.6 Å². The summed E-state index contributed by atoms with van der Waals surface area (Å²) >= 11 is 0. The fourth-order valence-corrected chi connectivity index (χ4v) is 5.95. The lowest BCUT2D eigenvalue weighted by atomic mass is 9.84. The Labute approximate surface area is 186 Å². The first-order valence-corrected chi connectivity index (χ1v) is 12.5. The quantitative estimate of drug-likeness (QED) is 0.695. The number of morpholine rings is 1. The molecule has 0 radical (unpaired) electrons. The summed E-state index contributed by atoms with van der Waals surface area (Å²) < 4.78 is 40.4. The van der Waals surface area contributed by atoms with Crippen LogP contribution in [0.1, 0.15) is 56.4 Å². The van der Waals surface area contributed by atoms with Crippen LogP contribution in [0.5, 0.6) is 0 Å². The maximum atomic E-state index is 13.2. The molecule has 0 amide bonds. The molecule has 2 aliphatic heterocycles. The number of sulfonamides is 1. The molecule has 2 atom stereocenters. The molecule has 0 N–H and O–H groups in total. The van der Waals surface area contributed by atoms with Gasteiger partial charge in [-0.2, -0.15) is 4.31 Å². The fourth-order valence-electron chi connectivity index (χ4n) is 4.45. The van der Waals surface area contributed by atoms with E-state index in [4.69, 9.17) is 9.47 Å². The van der Waals surface area contributed by atoms with Gasteiger partial charge in [0.1, 0.15) is 0 Å². The van der Waals surface area contributed by atoms with Gasteiger partial charge in [-0.1, -0.05) is 62.7 Å². The second-order valence-electron chi connectivity index (χ2n) is 9.87. The lowest BCUT2D eigenvalue weighted by Gasteiger charge is -2.46. The molecule has 2 aromatic rings. The van der Waals surface area contributed by atoms with Crippen molar-refractivity contribution in [2.75, 3.05) is 26.3 Å². The van der Waals surface area contributed by atoms with E-state index in [0.29, 0.717) is 44.0 Å². The van der Waals surface area contributed by atoms with Crippen LogP contribution >= 0.6 is 0 Å². The van der Waals surface area contributed by atoms with Crippen molar-refractivity contribution in [2.45, 2.75) is 62.6 Å². The van der Waals surface area contributed by atoms with E-state index in [2.05, 4.69) is 45.0 Å². The molecule has 1 spiro atoms. The van der Waals surface area contributed by atoms with Gasteiger partial charge >= 0.3 is 0 Å². The van der Waals surface area contributed by atoms with Gasteiger partial charge in [0, 0.05) is 25.9 Å². The summed E-state index contributed by atoms with van der Waals surface area (Å²) in [6.45, 7) is 10.3. The van der Waals surface area contributed by atoms with Gasteiger partial charge in [-0.05, 0) is 35.6 Å². The maximum absolute atomic E-state index is 13.2. The zero-order chi connectivity index (χ0) is 22.3. The normalized spacial score (nSPS) is 25.6. The lowest BCUT2D eigenvalue weighted by molar-refractivity contribution is -0.163. The molecule has 0 aromatic heterocycles. The Hall–Kier alpha value is -1.73. The van der Waals surface area contributed by atoms with Crippen molar-refractivity contribution in [3.8, 4) is 0 Å². The first-order valence-electron chi connectivity index (χ1n) is 11.0. The van der Waals surface area contributed by atoms with Crippen LogP contribution in [-0.4, -0.2) is 44.6 Å². The molecule has 4 rings (SSSR count). The van der Waals surface area contributed by atoms with Crippen LogP contribution < -0.4 is 0 Å². The number of hydrogen-bond donors (Lipinski definition) is 0. The van der Waals surface area contributed by atoms with Gasteiger partial charge in [0.25, 0.3) is 0 Å². The van der Waals surface area contributed by atoms with Crippen molar-refractivity contribution in [1.82, 2.24) is 4.31 Å². The van der Waals surface area contributed by atoms with Crippen LogP contribution in [0.4, 0.5) is 0 Å². The highest BCUT2D eigenvalue weighted by molar-refractivity contribution is 7.89. The summed E-state index contributed by atoms with van der Waals surface area (Å²) in [5.41, 5.74) is 3.04. The predicted molar refractivity (Wildman–Crippen MR) is 122 cm³/mol. The minimum atomic E-state index is -3.55. The van der Waals surface area contributed by atoms with Crippen molar-refractivity contribution in [1.29, 1.82) is 0 Å². The summed E-state index contributed by atoms with van der Waals surface area (Å²) in [4.78, 5) is 0.344. The number of aryl methyl sites for hydroxylation is 1. The Morgan fingerprint density at radius 2 is 1.68 bits per heavy atom. The molecule has 2 aliphatic rings. The number of hydrogen-bond acceptors (Lipinski definition) is 4. The Kier molecular flexibility index (Phi) is 6.03. The predicted octanol–water partition coefficient (Wildman–Crippen LogP) is 4.60. The lowest BCUT2D eigenvalue weighted by Crippen LogP contribution is -2.56. The third-order valence-corrected chi connectivity index (χ3v) is 8.31. The summed E-state index contributed by atoms with van der Waals surface area (Å²) in [5.74, 6) is 0. The van der Waals surface area contributed by atoms with Gasteiger partial charge in [-0.3, -0.25) is 0 Å². The number of ether oxygens (including phenoxy) is 2. The first kappa shape index (κ1) is 22.5. The minimum absolute atomic E-state index is 0.0928. The summed E-state index contributed by atoms with van der Waals surface area (Å²) in [7, 11) is -3.55. The molecule has 2 aromatic carbocycles. The third kappa shape index (κ3) is 4.72. The second kappa shape index (κ2) is 8.32. The molecule has 2 fully saturated rings. The molecule has 6 heteroatoms. The number of nitrogens with zero attached hydrogens (tertiary/aromatic N) is 1. The van der Waals surface area contributed by atoms with E-state index in [0.717, 1.165) is 11.1 Å². The summed E-state index contributed by atoms with van der Waals surface area (Å²) in [6.07, 6.45) is 1.26. The molecule has 5 nitrogen and oxygen atoms in total. The molecule has 0 saturated carbocycles. The van der Waals surface area contributed by atoms with Crippen LogP contribution in [0, 0.1) is 6.92 Å². The molecule has 0 unspecified atom stereocenters. The fraction of sp³-hybridized carbons (Fsp3) is 0.520. The van der Waals surface area contributed by atoms with Gasteiger partial charge in [0.2, 0.25) is 10.0 Å². The zero-order valence-electron chi connectivity index (χ0n) is 18.9. The van der Waals surface area contributed by atoms with Crippen LogP contribution in [0.3, 0.4) is 0 Å². The highest BCUT2D eigenvalue weighted by Crippen LogP contribution is 2.40. The van der Waals surface area contributed by atoms with Crippen LogP contribution in [-0.2, 0) is 24.9 Å². The second-order valence-corrected chi connectivity index (χ2v) is 11.8. The molecular weight excluding hydrogens is 410 g/mol. The first-order chi connectivity index (χ1) is 14.6. The van der Waals surface area contributed by atoms with Gasteiger partial charge in [0.05, 0.1) is 29.8 Å². The largest absolute Gasteiger partial charge is 0.373 e. The van der Waals surface area contributed by atoms with E-state index in [-0.39, 0.29) is 11.5 Å². The van der Waals surface area contributed by atoms with Crippen molar-refractivity contribution in [3.63, 3.8) is 0 Å². The Bertz CT molecular complexity index is 1000. The van der Waals surface area contributed by atoms with Gasteiger partial charge in [0.15, 0.2) is 0 Å². The van der Waals surface area contributed by atoms with E-state index in [1.54, 1.807) is 16.4 Å².